The number of anilines is 1. The first-order chi connectivity index (χ1) is 16.3. The Kier molecular flexibility index (Phi) is 5.73. The summed E-state index contributed by atoms with van der Waals surface area (Å²) < 4.78 is 17.8. The van der Waals surface area contributed by atoms with Crippen LogP contribution < -0.4 is 9.64 Å². The Bertz CT molecular complexity index is 997. The number of esters is 1. The maximum absolute atomic E-state index is 12.8. The number of methoxy groups -OCH3 is 1. The van der Waals surface area contributed by atoms with Crippen molar-refractivity contribution in [1.82, 2.24) is 4.90 Å². The first-order valence-electron chi connectivity index (χ1n) is 12.6. The molecule has 4 aliphatic rings. The lowest BCUT2D eigenvalue weighted by atomic mass is 9.48. The molecule has 1 saturated heterocycles. The Labute approximate surface area is 202 Å². The molecule has 0 aromatic heterocycles. The van der Waals surface area contributed by atoms with Crippen LogP contribution >= 0.6 is 0 Å². The molecule has 1 saturated carbocycles. The van der Waals surface area contributed by atoms with Gasteiger partial charge >= 0.3 is 5.97 Å². The summed E-state index contributed by atoms with van der Waals surface area (Å²) in [4.78, 5) is 17.2. The standard InChI is InChI=1S/C27H38N2O5/c1-6-15-33-17-27(31)23-26(20-10-9-19(32-5)16-21(20)28(23)4)12-14-29-13-8-11-25(7-2,22(26)29)24(27)34-18(3)30/h8-11,16,22-24,31H,6-7,12-15,17H2,1-5H3/t22?,23-,24-,25-,26-,27?/m1/s1. The highest BCUT2D eigenvalue weighted by Gasteiger charge is 2.77. The highest BCUT2D eigenvalue weighted by atomic mass is 16.6. The molecule has 6 atom stereocenters. The Morgan fingerprint density at radius 3 is 2.74 bits per heavy atom. The van der Waals surface area contributed by atoms with Gasteiger partial charge < -0.3 is 24.2 Å². The molecule has 1 aromatic rings. The Hall–Kier alpha value is -2.09. The smallest absolute Gasteiger partial charge is 0.303 e. The van der Waals surface area contributed by atoms with Gasteiger partial charge in [-0.25, -0.2) is 0 Å². The molecule has 3 heterocycles. The predicted octanol–water partition coefficient (Wildman–Crippen LogP) is 2.89. The average Bonchev–Trinajstić information content (AvgIpc) is 3.33. The lowest BCUT2D eigenvalue weighted by molar-refractivity contribution is -0.233. The van der Waals surface area contributed by atoms with Gasteiger partial charge in [0.1, 0.15) is 17.5 Å². The van der Waals surface area contributed by atoms with Gasteiger partial charge in [-0.3, -0.25) is 9.69 Å². The predicted molar refractivity (Wildman–Crippen MR) is 130 cm³/mol. The van der Waals surface area contributed by atoms with Gasteiger partial charge in [-0.1, -0.05) is 32.1 Å². The van der Waals surface area contributed by atoms with Crippen LogP contribution in [0.3, 0.4) is 0 Å². The molecule has 2 fully saturated rings. The second kappa shape index (κ2) is 8.25. The second-order valence-electron chi connectivity index (χ2n) is 10.5. The molecule has 2 unspecified atom stereocenters. The molecule has 7 nitrogen and oxygen atoms in total. The van der Waals surface area contributed by atoms with Crippen LogP contribution in [0.5, 0.6) is 5.75 Å². The van der Waals surface area contributed by atoms with Gasteiger partial charge in [-0.05, 0) is 37.4 Å². The summed E-state index contributed by atoms with van der Waals surface area (Å²) in [7, 11) is 3.73. The van der Waals surface area contributed by atoms with Crippen molar-refractivity contribution in [3.05, 3.63) is 35.9 Å². The SMILES string of the molecule is CCCOCC1(O)[C@H](OC(C)=O)[C@]2(CC)C=CCN3CC[C@@]4(c5ccc(OC)cc5N(C)[C@@H]14)C32. The van der Waals surface area contributed by atoms with Crippen LogP contribution in [0.15, 0.2) is 30.4 Å². The van der Waals surface area contributed by atoms with E-state index in [0.29, 0.717) is 6.61 Å². The Balaban J connectivity index is 1.78. The first-order valence-corrected chi connectivity index (χ1v) is 12.6. The van der Waals surface area contributed by atoms with Gasteiger partial charge in [0, 0.05) is 55.7 Å². The molecule has 0 bridgehead atoms. The number of fused-ring (bicyclic) bond motifs is 1. The van der Waals surface area contributed by atoms with Gasteiger partial charge in [-0.15, -0.1) is 0 Å². The third-order valence-corrected chi connectivity index (χ3v) is 8.90. The summed E-state index contributed by atoms with van der Waals surface area (Å²) in [5.74, 6) is 0.422. The molecule has 1 aliphatic carbocycles. The van der Waals surface area contributed by atoms with Crippen molar-refractivity contribution >= 4 is 11.7 Å². The molecule has 7 heteroatoms. The van der Waals surface area contributed by atoms with Gasteiger partial charge in [-0.2, -0.15) is 0 Å². The number of hydrogen-bond acceptors (Lipinski definition) is 7. The van der Waals surface area contributed by atoms with Crippen molar-refractivity contribution in [2.45, 2.75) is 69.2 Å². The van der Waals surface area contributed by atoms with Crippen molar-refractivity contribution in [2.75, 3.05) is 45.4 Å². The lowest BCUT2D eigenvalue weighted by Crippen LogP contribution is -2.80. The van der Waals surface area contributed by atoms with E-state index >= 15 is 0 Å². The minimum atomic E-state index is -1.40. The summed E-state index contributed by atoms with van der Waals surface area (Å²) in [6.07, 6.45) is 6.24. The van der Waals surface area contributed by atoms with Crippen molar-refractivity contribution in [2.24, 2.45) is 5.41 Å². The number of nitrogens with zero attached hydrogens (tertiary/aromatic N) is 2. The molecular weight excluding hydrogens is 432 g/mol. The Morgan fingerprint density at radius 2 is 2.06 bits per heavy atom. The maximum atomic E-state index is 12.8. The van der Waals surface area contributed by atoms with Crippen LogP contribution in [0.25, 0.3) is 0 Å². The fourth-order valence-electron chi connectivity index (χ4n) is 7.99. The van der Waals surface area contributed by atoms with Gasteiger partial charge in [0.2, 0.25) is 0 Å². The van der Waals surface area contributed by atoms with Gasteiger partial charge in [0.25, 0.3) is 0 Å². The summed E-state index contributed by atoms with van der Waals surface area (Å²) in [6.45, 7) is 8.11. The van der Waals surface area contributed by atoms with E-state index in [4.69, 9.17) is 14.2 Å². The quantitative estimate of drug-likeness (QED) is 0.373. The number of likely N-dealkylation sites (N-methyl/N-ethyl adjacent to an activating group) is 1. The topological polar surface area (TPSA) is 71.5 Å². The Morgan fingerprint density at radius 1 is 1.26 bits per heavy atom. The maximum Gasteiger partial charge on any atom is 0.303 e. The van der Waals surface area contributed by atoms with Crippen LogP contribution in [-0.2, 0) is 19.7 Å². The van der Waals surface area contributed by atoms with Crippen molar-refractivity contribution in [3.63, 3.8) is 0 Å². The van der Waals surface area contributed by atoms with Gasteiger partial charge in [0.05, 0.1) is 19.8 Å². The molecule has 1 spiro atoms. The van der Waals surface area contributed by atoms with E-state index in [9.17, 15) is 9.90 Å². The number of rotatable bonds is 7. The molecule has 186 valence electrons. The monoisotopic (exact) mass is 470 g/mol. The fraction of sp³-hybridized carbons (Fsp3) is 0.667. The van der Waals surface area contributed by atoms with Crippen molar-refractivity contribution < 1.29 is 24.1 Å². The second-order valence-corrected chi connectivity index (χ2v) is 10.5. The van der Waals surface area contributed by atoms with Crippen LogP contribution in [0.2, 0.25) is 0 Å². The van der Waals surface area contributed by atoms with E-state index in [1.54, 1.807) is 7.11 Å². The van der Waals surface area contributed by atoms with Crippen LogP contribution in [0, 0.1) is 5.41 Å². The van der Waals surface area contributed by atoms with E-state index in [0.717, 1.165) is 43.8 Å². The third-order valence-electron chi connectivity index (χ3n) is 8.90. The molecule has 0 radical (unpaired) electrons. The van der Waals surface area contributed by atoms with E-state index in [1.165, 1.54) is 12.5 Å². The molecule has 1 aromatic carbocycles. The van der Waals surface area contributed by atoms with Crippen LogP contribution in [0.1, 0.15) is 45.6 Å². The molecule has 5 rings (SSSR count). The summed E-state index contributed by atoms with van der Waals surface area (Å²) >= 11 is 0. The number of aliphatic hydroxyl groups is 1. The zero-order chi connectivity index (χ0) is 24.3. The van der Waals surface area contributed by atoms with Crippen molar-refractivity contribution in [3.8, 4) is 5.75 Å². The number of hydrogen-bond donors (Lipinski definition) is 1. The highest BCUT2D eigenvalue weighted by molar-refractivity contribution is 5.71. The van der Waals surface area contributed by atoms with Gasteiger partial charge in [0.15, 0.2) is 0 Å². The molecular formula is C27H38N2O5. The highest BCUT2D eigenvalue weighted by Crippen LogP contribution is 2.67. The largest absolute Gasteiger partial charge is 0.497 e. The van der Waals surface area contributed by atoms with E-state index in [-0.39, 0.29) is 30.1 Å². The summed E-state index contributed by atoms with van der Waals surface area (Å²) in [6, 6.07) is 6.10. The van der Waals surface area contributed by atoms with Crippen molar-refractivity contribution in [1.29, 1.82) is 0 Å². The van der Waals surface area contributed by atoms with Crippen LogP contribution in [-0.4, -0.2) is 80.2 Å². The summed E-state index contributed by atoms with van der Waals surface area (Å²) in [5, 5.41) is 12.8. The molecule has 1 N–H and O–H groups in total. The first kappa shape index (κ1) is 23.6. The number of carbonyl (C=O) groups is 1. The normalized spacial score (nSPS) is 37.8. The minimum absolute atomic E-state index is 0.105. The average molecular weight is 471 g/mol. The zero-order valence-corrected chi connectivity index (χ0v) is 21.0. The summed E-state index contributed by atoms with van der Waals surface area (Å²) in [5.41, 5.74) is 0.0769. The molecule has 34 heavy (non-hydrogen) atoms. The lowest BCUT2D eigenvalue weighted by Gasteiger charge is -2.64. The fourth-order valence-corrected chi connectivity index (χ4v) is 7.99. The minimum Gasteiger partial charge on any atom is -0.497 e. The number of ether oxygens (including phenoxy) is 3. The van der Waals surface area contributed by atoms with E-state index < -0.39 is 17.1 Å². The third kappa shape index (κ3) is 2.90. The van der Waals surface area contributed by atoms with E-state index in [1.807, 2.05) is 13.1 Å². The van der Waals surface area contributed by atoms with Crippen LogP contribution in [0.4, 0.5) is 5.69 Å². The molecule has 0 amide bonds. The number of benzene rings is 1. The van der Waals surface area contributed by atoms with E-state index in [2.05, 4.69) is 47.9 Å². The molecule has 3 aliphatic heterocycles. The number of carbonyl (C=O) groups excluding carboxylic acids is 1. The zero-order valence-electron chi connectivity index (χ0n) is 21.0.